The second kappa shape index (κ2) is 18.8. The minimum Gasteiger partial charge on any atom is -0.790 e. The molecule has 39 heavy (non-hydrogen) atoms. The second-order valence-electron chi connectivity index (χ2n) is 6.61. The molecule has 6 atom stereocenters. The van der Waals surface area contributed by atoms with E-state index in [1.807, 2.05) is 0 Å². The fraction of sp³-hybridized carbons (Fsp3) is 0.538. The van der Waals surface area contributed by atoms with Gasteiger partial charge in [0.25, 0.3) is 15.6 Å². The number of phosphoric ester groups is 1. The summed E-state index contributed by atoms with van der Waals surface area (Å²) in [5.74, 6) is -1.62. The quantitative estimate of drug-likeness (QED) is 0.134. The number of ether oxygens (including phenoxy) is 2. The standard InChI is InChI=1S/C13H20N3O16P3.4Na/c1-6(17)14-9-3-4-16(13(20)15-9)12-11(29-7(2)18)10(19)8(30-12)5-28-34(24,25)32-35(26,27)31-33(21,22)23;;;;/h3-4,8,10-12,19H,5H2,1-2H3,(H,24,25)(H,26,27)(H2,21,22,23)(H,14,15,17,20);;;;/q;4*+1/p-4/t8-,10-,11-,12-;;;;/m1..../s1. The first kappa shape index (κ1) is 45.6. The molecule has 0 aliphatic carbocycles. The van der Waals surface area contributed by atoms with E-state index in [4.69, 9.17) is 9.47 Å². The van der Waals surface area contributed by atoms with Gasteiger partial charge in [0.1, 0.15) is 18.0 Å². The van der Waals surface area contributed by atoms with Crippen LogP contribution in [0.5, 0.6) is 0 Å². The number of phosphoric acid groups is 3. The average molecular weight is 655 g/mol. The number of esters is 1. The molecular formula is C13H16N3Na4O16P3. The Kier molecular flexibility index (Phi) is 22.0. The number of aliphatic hydroxyl groups excluding tert-OH is 1. The SMILES string of the molecule is CC(=O)Nc1ccn([C@@H]2O[C@H](COP(=O)([O-])OP(=O)([O-])OP(=O)([O-])[O-])[C@@H](O)[C@H]2OC(C)=O)c(=O)n1.[Na+].[Na+].[Na+].[Na+]. The summed E-state index contributed by atoms with van der Waals surface area (Å²) in [6.45, 7) is 0.904. The molecular weight excluding hydrogens is 639 g/mol. The van der Waals surface area contributed by atoms with Gasteiger partial charge in [0.2, 0.25) is 5.91 Å². The van der Waals surface area contributed by atoms with Crippen LogP contribution < -0.4 is 149 Å². The van der Waals surface area contributed by atoms with Crippen LogP contribution >= 0.6 is 23.5 Å². The summed E-state index contributed by atoms with van der Waals surface area (Å²) < 4.78 is 54.9. The molecule has 198 valence electrons. The van der Waals surface area contributed by atoms with E-state index in [1.54, 1.807) is 0 Å². The van der Waals surface area contributed by atoms with E-state index >= 15 is 0 Å². The third kappa shape index (κ3) is 15.6. The van der Waals surface area contributed by atoms with Gasteiger partial charge in [-0.05, 0) is 6.07 Å². The Labute approximate surface area is 308 Å². The van der Waals surface area contributed by atoms with E-state index in [1.165, 1.54) is 0 Å². The van der Waals surface area contributed by atoms with Crippen molar-refractivity contribution >= 4 is 41.2 Å². The first-order chi connectivity index (χ1) is 15.9. The summed E-state index contributed by atoms with van der Waals surface area (Å²) in [7, 11) is -18.3. The minimum atomic E-state index is -6.22. The van der Waals surface area contributed by atoms with Crippen LogP contribution in [0.2, 0.25) is 0 Å². The summed E-state index contributed by atoms with van der Waals surface area (Å²) in [4.78, 5) is 82.1. The van der Waals surface area contributed by atoms with Crippen LogP contribution in [0.15, 0.2) is 17.1 Å². The molecule has 0 radical (unpaired) electrons. The zero-order valence-electron chi connectivity index (χ0n) is 21.5. The molecule has 1 aromatic rings. The van der Waals surface area contributed by atoms with Crippen LogP contribution in [-0.4, -0.2) is 51.5 Å². The van der Waals surface area contributed by atoms with Gasteiger partial charge in [-0.3, -0.25) is 27.6 Å². The van der Waals surface area contributed by atoms with E-state index in [2.05, 4.69) is 23.4 Å². The Morgan fingerprint density at radius 2 is 1.64 bits per heavy atom. The molecule has 2 N–H and O–H groups in total. The van der Waals surface area contributed by atoms with Crippen LogP contribution in [0.25, 0.3) is 0 Å². The molecule has 0 aromatic carbocycles. The molecule has 2 heterocycles. The van der Waals surface area contributed by atoms with Crippen molar-refractivity contribution in [1.29, 1.82) is 0 Å². The van der Waals surface area contributed by atoms with Crippen molar-refractivity contribution in [2.24, 2.45) is 0 Å². The van der Waals surface area contributed by atoms with Crippen LogP contribution in [0.1, 0.15) is 20.1 Å². The van der Waals surface area contributed by atoms with E-state index in [-0.39, 0.29) is 124 Å². The molecule has 26 heteroatoms. The number of aliphatic hydroxyl groups is 1. The second-order valence-corrected chi connectivity index (χ2v) is 10.9. The Morgan fingerprint density at radius 1 is 1.08 bits per heavy atom. The fourth-order valence-electron chi connectivity index (χ4n) is 2.70. The third-order valence-electron chi connectivity index (χ3n) is 3.82. The van der Waals surface area contributed by atoms with Crippen molar-refractivity contribution in [1.82, 2.24) is 9.55 Å². The Morgan fingerprint density at radius 3 is 2.10 bits per heavy atom. The van der Waals surface area contributed by atoms with Crippen LogP contribution in [0.3, 0.4) is 0 Å². The van der Waals surface area contributed by atoms with Crippen LogP contribution in [0, 0.1) is 0 Å². The number of carbonyl (C=O) groups is 2. The number of nitrogens with one attached hydrogen (secondary N) is 1. The molecule has 2 rings (SSSR count). The maximum Gasteiger partial charge on any atom is 1.00 e. The molecule has 2 unspecified atom stereocenters. The van der Waals surface area contributed by atoms with E-state index in [9.17, 15) is 52.8 Å². The Balaban J connectivity index is -0.00000324. The minimum absolute atomic E-state index is 0. The normalized spacial score (nSPS) is 23.3. The van der Waals surface area contributed by atoms with Crippen LogP contribution in [-0.2, 0) is 45.9 Å². The van der Waals surface area contributed by atoms with Gasteiger partial charge >= 0.3 is 130 Å². The molecule has 0 bridgehead atoms. The molecule has 1 fully saturated rings. The topological polar surface area (TPSA) is 291 Å². The van der Waals surface area contributed by atoms with Gasteiger partial charge in [-0.15, -0.1) is 0 Å². The predicted octanol–water partition coefficient (Wildman–Crippen LogP) is -15.8. The van der Waals surface area contributed by atoms with Crippen molar-refractivity contribution < 1.29 is 189 Å². The van der Waals surface area contributed by atoms with Gasteiger partial charge in [0, 0.05) is 20.0 Å². The predicted molar refractivity (Wildman–Crippen MR) is 99.2 cm³/mol. The monoisotopic (exact) mass is 655 g/mol. The Hall–Kier alpha value is 2.15. The molecule has 0 spiro atoms. The number of nitrogens with zero attached hydrogens (tertiary/aromatic N) is 2. The molecule has 1 saturated heterocycles. The van der Waals surface area contributed by atoms with Crippen molar-refractivity contribution in [2.75, 3.05) is 11.9 Å². The zero-order chi connectivity index (χ0) is 26.8. The number of hydrogen-bond donors (Lipinski definition) is 2. The summed E-state index contributed by atoms with van der Waals surface area (Å²) in [6.07, 6.45) is -5.73. The maximum atomic E-state index is 12.3. The van der Waals surface area contributed by atoms with Gasteiger partial charge in [0.15, 0.2) is 12.3 Å². The largest absolute Gasteiger partial charge is 1.00 e. The van der Waals surface area contributed by atoms with Crippen molar-refractivity contribution in [3.8, 4) is 0 Å². The van der Waals surface area contributed by atoms with Gasteiger partial charge in [-0.2, -0.15) is 4.98 Å². The van der Waals surface area contributed by atoms with E-state index in [0.717, 1.165) is 30.7 Å². The van der Waals surface area contributed by atoms with Gasteiger partial charge in [-0.25, -0.2) is 9.11 Å². The summed E-state index contributed by atoms with van der Waals surface area (Å²) in [5.41, 5.74) is -1.05. The van der Waals surface area contributed by atoms with Crippen LogP contribution in [0.4, 0.5) is 5.82 Å². The number of amides is 1. The van der Waals surface area contributed by atoms with Crippen molar-refractivity contribution in [3.63, 3.8) is 0 Å². The third-order valence-corrected chi connectivity index (χ3v) is 7.49. The van der Waals surface area contributed by atoms with Gasteiger partial charge < -0.3 is 48.6 Å². The molecule has 0 saturated carbocycles. The van der Waals surface area contributed by atoms with Gasteiger partial charge in [0.05, 0.1) is 14.4 Å². The molecule has 19 nitrogen and oxygen atoms in total. The molecule has 1 aliphatic rings. The summed E-state index contributed by atoms with van der Waals surface area (Å²) in [6, 6.07) is 1.16. The first-order valence-corrected chi connectivity index (χ1v) is 13.4. The van der Waals surface area contributed by atoms with E-state index < -0.39 is 72.2 Å². The number of aromatic nitrogens is 2. The number of carbonyl (C=O) groups excluding carboxylic acids is 2. The summed E-state index contributed by atoms with van der Waals surface area (Å²) >= 11 is 0. The number of hydrogen-bond acceptors (Lipinski definition) is 17. The average Bonchev–Trinajstić information content (AvgIpc) is 2.92. The van der Waals surface area contributed by atoms with Gasteiger partial charge in [-0.1, -0.05) is 0 Å². The van der Waals surface area contributed by atoms with E-state index in [0.29, 0.717) is 0 Å². The zero-order valence-corrected chi connectivity index (χ0v) is 32.2. The number of rotatable bonds is 10. The van der Waals surface area contributed by atoms with Crippen molar-refractivity contribution in [3.05, 3.63) is 22.7 Å². The van der Waals surface area contributed by atoms with Crippen molar-refractivity contribution in [2.45, 2.75) is 38.4 Å². The first-order valence-electron chi connectivity index (χ1n) is 8.98. The summed E-state index contributed by atoms with van der Waals surface area (Å²) in [5, 5.41) is 12.6. The molecule has 1 aliphatic heterocycles. The Bertz CT molecular complexity index is 1180. The molecule has 1 amide bonds. The molecule has 1 aromatic heterocycles. The fourth-order valence-corrected chi connectivity index (χ4v) is 5.57. The smallest absolute Gasteiger partial charge is 0.790 e. The maximum absolute atomic E-state index is 12.3. The number of anilines is 1.